The van der Waals surface area contributed by atoms with Crippen molar-refractivity contribution in [3.63, 3.8) is 0 Å². The van der Waals surface area contributed by atoms with Crippen molar-refractivity contribution >= 4 is 17.0 Å². The number of hydrogen-bond acceptors (Lipinski definition) is 5. The summed E-state index contributed by atoms with van der Waals surface area (Å²) in [5, 5.41) is 12.6. The summed E-state index contributed by atoms with van der Waals surface area (Å²) in [6.45, 7) is 2.21. The smallest absolute Gasteiger partial charge is 0.394 e. The Morgan fingerprint density at radius 2 is 2.04 bits per heavy atom. The van der Waals surface area contributed by atoms with Gasteiger partial charge < -0.3 is 15.0 Å². The van der Waals surface area contributed by atoms with Crippen LogP contribution in [0.5, 0.6) is 0 Å². The molecule has 9 heteroatoms. The van der Waals surface area contributed by atoms with Crippen molar-refractivity contribution in [1.29, 1.82) is 0 Å². The van der Waals surface area contributed by atoms with E-state index in [1.807, 2.05) is 11.5 Å². The van der Waals surface area contributed by atoms with Crippen LogP contribution in [0.3, 0.4) is 0 Å². The fraction of sp³-hybridized carbons (Fsp3) is 0.312. The van der Waals surface area contributed by atoms with Crippen molar-refractivity contribution in [3.05, 3.63) is 48.0 Å². The third-order valence-corrected chi connectivity index (χ3v) is 3.85. The second kappa shape index (κ2) is 6.67. The van der Waals surface area contributed by atoms with E-state index in [2.05, 4.69) is 20.3 Å². The number of hydrogen-bond donors (Lipinski definition) is 2. The number of aromatic nitrogens is 4. The maximum Gasteiger partial charge on any atom is 0.416 e. The molecule has 0 bridgehead atoms. The Kier molecular flexibility index (Phi) is 4.58. The van der Waals surface area contributed by atoms with Crippen LogP contribution in [0.15, 0.2) is 36.9 Å². The molecule has 132 valence electrons. The van der Waals surface area contributed by atoms with Gasteiger partial charge in [0.25, 0.3) is 0 Å². The Balaban J connectivity index is 1.95. The molecule has 2 N–H and O–H groups in total. The summed E-state index contributed by atoms with van der Waals surface area (Å²) in [5.74, 6) is 0.355. The minimum absolute atomic E-state index is 0.305. The molecule has 0 aliphatic rings. The number of halogens is 3. The fourth-order valence-corrected chi connectivity index (χ4v) is 2.55. The van der Waals surface area contributed by atoms with E-state index in [9.17, 15) is 18.3 Å². The van der Waals surface area contributed by atoms with E-state index in [0.717, 1.165) is 12.1 Å². The standard InChI is InChI=1S/C16H16F3N5O/c1-2-24-9-22-13-14(20-8-21-15(13)24)23-12(7-25)10-4-3-5-11(6-10)16(17,18)19/h3-6,8-9,12,25H,2,7H2,1H3,(H,20,21,23). The van der Waals surface area contributed by atoms with E-state index in [1.54, 1.807) is 6.33 Å². The van der Waals surface area contributed by atoms with Crippen molar-refractivity contribution < 1.29 is 18.3 Å². The molecule has 0 saturated carbocycles. The molecular weight excluding hydrogens is 335 g/mol. The normalized spacial score (nSPS) is 13.2. The van der Waals surface area contributed by atoms with E-state index in [4.69, 9.17) is 0 Å². The van der Waals surface area contributed by atoms with Gasteiger partial charge in [0.1, 0.15) is 11.8 Å². The van der Waals surface area contributed by atoms with Crippen molar-refractivity contribution in [2.45, 2.75) is 25.7 Å². The van der Waals surface area contributed by atoms with Crippen LogP contribution in [0.1, 0.15) is 24.1 Å². The number of nitrogens with one attached hydrogen (secondary N) is 1. The molecule has 3 aromatic rings. The molecule has 2 aromatic heterocycles. The lowest BCUT2D eigenvalue weighted by atomic mass is 10.0. The van der Waals surface area contributed by atoms with Gasteiger partial charge in [-0.15, -0.1) is 0 Å². The molecule has 25 heavy (non-hydrogen) atoms. The van der Waals surface area contributed by atoms with E-state index in [-0.39, 0.29) is 0 Å². The number of imidazole rings is 1. The zero-order chi connectivity index (χ0) is 18.0. The molecule has 0 aliphatic carbocycles. The van der Waals surface area contributed by atoms with Gasteiger partial charge in [0.15, 0.2) is 11.5 Å². The highest BCUT2D eigenvalue weighted by molar-refractivity contribution is 5.82. The Labute approximate surface area is 141 Å². The van der Waals surface area contributed by atoms with Crippen LogP contribution in [-0.2, 0) is 12.7 Å². The molecule has 0 spiro atoms. The van der Waals surface area contributed by atoms with Gasteiger partial charge >= 0.3 is 6.18 Å². The third-order valence-electron chi connectivity index (χ3n) is 3.85. The molecule has 0 amide bonds. The minimum atomic E-state index is -4.45. The summed E-state index contributed by atoms with van der Waals surface area (Å²) in [5.41, 5.74) is 0.642. The second-order valence-electron chi connectivity index (χ2n) is 5.43. The quantitative estimate of drug-likeness (QED) is 0.739. The van der Waals surface area contributed by atoms with E-state index in [0.29, 0.717) is 29.1 Å². The van der Waals surface area contributed by atoms with Crippen LogP contribution in [0.2, 0.25) is 0 Å². The molecule has 0 aliphatic heterocycles. The van der Waals surface area contributed by atoms with E-state index >= 15 is 0 Å². The molecule has 0 fully saturated rings. The predicted octanol–water partition coefficient (Wildman–Crippen LogP) is 3.01. The molecule has 2 heterocycles. The predicted molar refractivity (Wildman–Crippen MR) is 85.9 cm³/mol. The topological polar surface area (TPSA) is 75.9 Å². The van der Waals surface area contributed by atoms with Crippen LogP contribution in [0.25, 0.3) is 11.2 Å². The van der Waals surface area contributed by atoms with Crippen molar-refractivity contribution in [2.75, 3.05) is 11.9 Å². The maximum atomic E-state index is 12.9. The highest BCUT2D eigenvalue weighted by Crippen LogP contribution is 2.31. The number of benzene rings is 1. The van der Waals surface area contributed by atoms with E-state index in [1.165, 1.54) is 18.5 Å². The third kappa shape index (κ3) is 3.41. The number of aliphatic hydroxyl groups excluding tert-OH is 1. The van der Waals surface area contributed by atoms with Crippen molar-refractivity contribution in [3.8, 4) is 0 Å². The fourth-order valence-electron chi connectivity index (χ4n) is 2.55. The maximum absolute atomic E-state index is 12.9. The summed E-state index contributed by atoms with van der Waals surface area (Å²) >= 11 is 0. The molecule has 0 saturated heterocycles. The largest absolute Gasteiger partial charge is 0.416 e. The summed E-state index contributed by atoms with van der Waals surface area (Å²) < 4.78 is 40.5. The van der Waals surface area contributed by atoms with Crippen LogP contribution in [0.4, 0.5) is 19.0 Å². The Bertz CT molecular complexity index is 878. The zero-order valence-corrected chi connectivity index (χ0v) is 13.3. The summed E-state index contributed by atoms with van der Waals surface area (Å²) in [6.07, 6.45) is -1.49. The Morgan fingerprint density at radius 3 is 2.72 bits per heavy atom. The Morgan fingerprint density at radius 1 is 1.24 bits per heavy atom. The van der Waals surface area contributed by atoms with Crippen LogP contribution < -0.4 is 5.32 Å². The van der Waals surface area contributed by atoms with Crippen LogP contribution in [0, 0.1) is 0 Å². The molecule has 0 radical (unpaired) electrons. The second-order valence-corrected chi connectivity index (χ2v) is 5.43. The summed E-state index contributed by atoms with van der Waals surface area (Å²) in [7, 11) is 0. The first kappa shape index (κ1) is 17.2. The molecule has 6 nitrogen and oxygen atoms in total. The van der Waals surface area contributed by atoms with Crippen LogP contribution in [-0.4, -0.2) is 31.2 Å². The molecule has 1 aromatic carbocycles. The first-order chi connectivity index (χ1) is 11.9. The van der Waals surface area contributed by atoms with Gasteiger partial charge in [0, 0.05) is 6.54 Å². The van der Waals surface area contributed by atoms with Crippen molar-refractivity contribution in [2.24, 2.45) is 0 Å². The van der Waals surface area contributed by atoms with Gasteiger partial charge in [-0.1, -0.05) is 12.1 Å². The first-order valence-electron chi connectivity index (χ1n) is 7.64. The first-order valence-corrected chi connectivity index (χ1v) is 7.64. The number of alkyl halides is 3. The number of fused-ring (bicyclic) bond motifs is 1. The number of nitrogens with zero attached hydrogens (tertiary/aromatic N) is 4. The molecule has 3 rings (SSSR count). The number of aliphatic hydroxyl groups is 1. The SMILES string of the molecule is CCn1cnc2c(NC(CO)c3cccc(C(F)(F)F)c3)ncnc21. The van der Waals surface area contributed by atoms with Gasteiger partial charge in [-0.25, -0.2) is 15.0 Å². The van der Waals surface area contributed by atoms with Gasteiger partial charge in [-0.05, 0) is 24.6 Å². The van der Waals surface area contributed by atoms with Gasteiger partial charge in [0.2, 0.25) is 0 Å². The van der Waals surface area contributed by atoms with Gasteiger partial charge in [0.05, 0.1) is 24.5 Å². The number of aryl methyl sites for hydroxylation is 1. The summed E-state index contributed by atoms with van der Waals surface area (Å²) in [6, 6.07) is 4.07. The van der Waals surface area contributed by atoms with Crippen LogP contribution >= 0.6 is 0 Å². The average Bonchev–Trinajstić information content (AvgIpc) is 3.03. The monoisotopic (exact) mass is 351 g/mol. The molecule has 1 atom stereocenters. The Hall–Kier alpha value is -2.68. The molecular formula is C16H16F3N5O. The highest BCUT2D eigenvalue weighted by Gasteiger charge is 2.31. The molecule has 1 unspecified atom stereocenters. The summed E-state index contributed by atoms with van der Waals surface area (Å²) in [4.78, 5) is 12.5. The average molecular weight is 351 g/mol. The lowest BCUT2D eigenvalue weighted by molar-refractivity contribution is -0.137. The zero-order valence-electron chi connectivity index (χ0n) is 13.3. The van der Waals surface area contributed by atoms with Gasteiger partial charge in [-0.2, -0.15) is 13.2 Å². The number of rotatable bonds is 5. The van der Waals surface area contributed by atoms with Gasteiger partial charge in [-0.3, -0.25) is 0 Å². The lowest BCUT2D eigenvalue weighted by Crippen LogP contribution is -2.17. The lowest BCUT2D eigenvalue weighted by Gasteiger charge is -2.19. The highest BCUT2D eigenvalue weighted by atomic mass is 19.4. The van der Waals surface area contributed by atoms with Crippen molar-refractivity contribution in [1.82, 2.24) is 19.5 Å². The van der Waals surface area contributed by atoms with E-state index < -0.39 is 24.4 Å². The minimum Gasteiger partial charge on any atom is -0.394 e. The number of anilines is 1.